The molecule has 0 aliphatic rings. The first kappa shape index (κ1) is 11.6. The largest absolute Gasteiger partial charge is 0.396 e. The Hall–Kier alpha value is -0.470. The number of aliphatic hydroxyl groups excluding tert-OH is 1. The fourth-order valence-corrected chi connectivity index (χ4v) is 2.36. The minimum Gasteiger partial charge on any atom is -0.396 e. The highest BCUT2D eigenvalue weighted by Gasteiger charge is 2.01. The van der Waals surface area contributed by atoms with Crippen molar-refractivity contribution in [2.24, 2.45) is 5.92 Å². The molecule has 0 bridgehead atoms. The second kappa shape index (κ2) is 6.10. The van der Waals surface area contributed by atoms with Crippen molar-refractivity contribution in [3.63, 3.8) is 0 Å². The topological polar surface area (TPSA) is 20.2 Å². The van der Waals surface area contributed by atoms with Crippen LogP contribution in [0.25, 0.3) is 0 Å². The summed E-state index contributed by atoms with van der Waals surface area (Å²) in [6, 6.07) is 8.47. The number of thioether (sulfide) groups is 1. The van der Waals surface area contributed by atoms with Crippen LogP contribution in [-0.4, -0.2) is 17.5 Å². The van der Waals surface area contributed by atoms with Gasteiger partial charge in [-0.05, 0) is 29.7 Å². The van der Waals surface area contributed by atoms with E-state index in [9.17, 15) is 0 Å². The molecular weight excluding hydrogens is 192 g/mol. The lowest BCUT2D eigenvalue weighted by molar-refractivity contribution is 0.250. The zero-order valence-corrected chi connectivity index (χ0v) is 9.68. The van der Waals surface area contributed by atoms with Crippen molar-refractivity contribution < 1.29 is 5.11 Å². The molecule has 0 saturated heterocycles. The summed E-state index contributed by atoms with van der Waals surface area (Å²) in [7, 11) is 0. The summed E-state index contributed by atoms with van der Waals surface area (Å²) < 4.78 is 0. The predicted molar refractivity (Wildman–Crippen MR) is 63.6 cm³/mol. The van der Waals surface area contributed by atoms with E-state index in [4.69, 9.17) is 5.11 Å². The lowest BCUT2D eigenvalue weighted by Crippen LogP contribution is -2.03. The van der Waals surface area contributed by atoms with Gasteiger partial charge in [-0.25, -0.2) is 0 Å². The molecule has 2 heteroatoms. The van der Waals surface area contributed by atoms with E-state index in [2.05, 4.69) is 38.1 Å². The molecule has 0 heterocycles. The van der Waals surface area contributed by atoms with E-state index in [1.807, 2.05) is 11.8 Å². The van der Waals surface area contributed by atoms with Crippen molar-refractivity contribution in [2.75, 3.05) is 12.4 Å². The molecule has 0 aliphatic heterocycles. The van der Waals surface area contributed by atoms with Crippen LogP contribution in [0.2, 0.25) is 0 Å². The highest BCUT2D eigenvalue weighted by molar-refractivity contribution is 7.98. The Balaban J connectivity index is 2.35. The molecule has 1 N–H and O–H groups in total. The summed E-state index contributed by atoms with van der Waals surface area (Å²) in [5, 5.41) is 8.87. The summed E-state index contributed by atoms with van der Waals surface area (Å²) >= 11 is 1.89. The van der Waals surface area contributed by atoms with Gasteiger partial charge in [0, 0.05) is 12.4 Å². The van der Waals surface area contributed by atoms with E-state index < -0.39 is 0 Å². The highest BCUT2D eigenvalue weighted by Crippen LogP contribution is 2.17. The van der Waals surface area contributed by atoms with Crippen LogP contribution < -0.4 is 0 Å². The van der Waals surface area contributed by atoms with Gasteiger partial charge in [0.25, 0.3) is 0 Å². The molecule has 0 aliphatic carbocycles. The van der Waals surface area contributed by atoms with Crippen LogP contribution in [0.1, 0.15) is 18.1 Å². The number of aliphatic hydroxyl groups is 1. The number of benzene rings is 1. The van der Waals surface area contributed by atoms with Crippen LogP contribution >= 0.6 is 11.8 Å². The normalized spacial score (nSPS) is 12.8. The maximum Gasteiger partial charge on any atom is 0.0464 e. The van der Waals surface area contributed by atoms with Gasteiger partial charge in [-0.15, -0.1) is 0 Å². The molecule has 1 rings (SSSR count). The van der Waals surface area contributed by atoms with Crippen molar-refractivity contribution in [1.82, 2.24) is 0 Å². The number of aryl methyl sites for hydroxylation is 1. The molecular formula is C12H18OS. The van der Waals surface area contributed by atoms with E-state index in [1.165, 1.54) is 11.1 Å². The smallest absolute Gasteiger partial charge is 0.0464 e. The summed E-state index contributed by atoms with van der Waals surface area (Å²) in [5.41, 5.74) is 2.76. The SMILES string of the molecule is Cc1ccccc1CSCC(C)CO. The first-order valence-electron chi connectivity index (χ1n) is 4.97. The average molecular weight is 210 g/mol. The second-order valence-electron chi connectivity index (χ2n) is 3.73. The average Bonchev–Trinajstić information content (AvgIpc) is 2.20. The van der Waals surface area contributed by atoms with Gasteiger partial charge in [-0.2, -0.15) is 11.8 Å². The third kappa shape index (κ3) is 3.72. The van der Waals surface area contributed by atoms with Crippen LogP contribution in [0.15, 0.2) is 24.3 Å². The van der Waals surface area contributed by atoms with E-state index in [0.717, 1.165) is 11.5 Å². The Morgan fingerprint density at radius 2 is 2.07 bits per heavy atom. The molecule has 1 nitrogen and oxygen atoms in total. The Morgan fingerprint density at radius 3 is 2.71 bits per heavy atom. The summed E-state index contributed by atoms with van der Waals surface area (Å²) in [5.74, 6) is 2.49. The molecule has 0 fully saturated rings. The molecule has 0 saturated carbocycles. The van der Waals surface area contributed by atoms with Gasteiger partial charge in [-0.1, -0.05) is 31.2 Å². The van der Waals surface area contributed by atoms with Crippen molar-refractivity contribution in [3.8, 4) is 0 Å². The third-order valence-corrected chi connectivity index (χ3v) is 3.55. The zero-order chi connectivity index (χ0) is 10.4. The standard InChI is InChI=1S/C12H18OS/c1-10(7-13)8-14-9-12-6-4-3-5-11(12)2/h3-6,10,13H,7-9H2,1-2H3. The van der Waals surface area contributed by atoms with Crippen molar-refractivity contribution in [1.29, 1.82) is 0 Å². The van der Waals surface area contributed by atoms with E-state index in [1.54, 1.807) is 0 Å². The number of hydrogen-bond acceptors (Lipinski definition) is 2. The lowest BCUT2D eigenvalue weighted by atomic mass is 10.1. The maximum absolute atomic E-state index is 8.87. The number of rotatable bonds is 5. The quantitative estimate of drug-likeness (QED) is 0.806. The van der Waals surface area contributed by atoms with Gasteiger partial charge < -0.3 is 5.11 Å². The summed E-state index contributed by atoms with van der Waals surface area (Å²) in [6.45, 7) is 4.51. The van der Waals surface area contributed by atoms with Gasteiger partial charge in [0.15, 0.2) is 0 Å². The fourth-order valence-electron chi connectivity index (χ4n) is 1.19. The van der Waals surface area contributed by atoms with Gasteiger partial charge in [0.2, 0.25) is 0 Å². The molecule has 1 atom stereocenters. The Bertz CT molecular complexity index is 273. The molecule has 0 spiro atoms. The van der Waals surface area contributed by atoms with Crippen LogP contribution in [0.4, 0.5) is 0 Å². The van der Waals surface area contributed by atoms with Crippen LogP contribution in [0.5, 0.6) is 0 Å². The highest BCUT2D eigenvalue weighted by atomic mass is 32.2. The van der Waals surface area contributed by atoms with Crippen LogP contribution in [0.3, 0.4) is 0 Å². The molecule has 78 valence electrons. The van der Waals surface area contributed by atoms with Crippen molar-refractivity contribution in [3.05, 3.63) is 35.4 Å². The lowest BCUT2D eigenvalue weighted by Gasteiger charge is -2.08. The molecule has 0 amide bonds. The molecule has 1 unspecified atom stereocenters. The maximum atomic E-state index is 8.87. The third-order valence-electron chi connectivity index (χ3n) is 2.23. The second-order valence-corrected chi connectivity index (χ2v) is 4.76. The minimum atomic E-state index is 0.292. The van der Waals surface area contributed by atoms with E-state index >= 15 is 0 Å². The first-order chi connectivity index (χ1) is 6.74. The van der Waals surface area contributed by atoms with Gasteiger partial charge in [-0.3, -0.25) is 0 Å². The molecule has 14 heavy (non-hydrogen) atoms. The van der Waals surface area contributed by atoms with Gasteiger partial charge in [0.05, 0.1) is 0 Å². The zero-order valence-electron chi connectivity index (χ0n) is 8.86. The number of hydrogen-bond donors (Lipinski definition) is 1. The van der Waals surface area contributed by atoms with Gasteiger partial charge >= 0.3 is 0 Å². The minimum absolute atomic E-state index is 0.292. The van der Waals surface area contributed by atoms with Crippen LogP contribution in [-0.2, 0) is 5.75 Å². The Labute approximate surface area is 90.5 Å². The fraction of sp³-hybridized carbons (Fsp3) is 0.500. The van der Waals surface area contributed by atoms with Crippen molar-refractivity contribution in [2.45, 2.75) is 19.6 Å². The molecule has 0 radical (unpaired) electrons. The molecule has 1 aromatic rings. The van der Waals surface area contributed by atoms with E-state index in [-0.39, 0.29) is 0 Å². The van der Waals surface area contributed by atoms with Crippen molar-refractivity contribution >= 4 is 11.8 Å². The van der Waals surface area contributed by atoms with E-state index in [0.29, 0.717) is 12.5 Å². The van der Waals surface area contributed by atoms with Gasteiger partial charge in [0.1, 0.15) is 0 Å². The Morgan fingerprint density at radius 1 is 1.36 bits per heavy atom. The summed E-state index contributed by atoms with van der Waals surface area (Å²) in [4.78, 5) is 0. The predicted octanol–water partition coefficient (Wildman–Crippen LogP) is 2.86. The monoisotopic (exact) mass is 210 g/mol. The Kier molecular flexibility index (Phi) is 5.05. The molecule has 1 aromatic carbocycles. The first-order valence-corrected chi connectivity index (χ1v) is 6.12. The van der Waals surface area contributed by atoms with Crippen LogP contribution in [0, 0.1) is 12.8 Å². The summed E-state index contributed by atoms with van der Waals surface area (Å²) in [6.07, 6.45) is 0. The molecule has 0 aromatic heterocycles.